The van der Waals surface area contributed by atoms with Gasteiger partial charge in [-0.2, -0.15) is 0 Å². The number of nitrogens with zero attached hydrogens (tertiary/aromatic N) is 1. The minimum Gasteiger partial charge on any atom is -0.465 e. The third kappa shape index (κ3) is 3.57. The van der Waals surface area contributed by atoms with Gasteiger partial charge >= 0.3 is 5.97 Å². The monoisotopic (exact) mass is 338 g/mol. The molecule has 0 aromatic heterocycles. The molecule has 2 aliphatic heterocycles. The van der Waals surface area contributed by atoms with E-state index in [4.69, 9.17) is 0 Å². The van der Waals surface area contributed by atoms with E-state index in [2.05, 4.69) is 10.1 Å². The van der Waals surface area contributed by atoms with Crippen LogP contribution in [0.4, 0.5) is 0 Å². The molecule has 7 heteroatoms. The zero-order chi connectivity index (χ0) is 16.4. The van der Waals surface area contributed by atoms with Crippen LogP contribution in [0.25, 0.3) is 0 Å². The molecule has 3 rings (SSSR count). The van der Waals surface area contributed by atoms with Gasteiger partial charge in [-0.1, -0.05) is 12.1 Å². The Bertz CT molecular complexity index is 689. The lowest BCUT2D eigenvalue weighted by Crippen LogP contribution is -2.43. The summed E-state index contributed by atoms with van der Waals surface area (Å²) in [5.41, 5.74) is 0.985. The number of carbonyl (C=O) groups excluding carboxylic acids is 1. The lowest BCUT2D eigenvalue weighted by Gasteiger charge is -2.33. The number of rotatable bonds is 4. The summed E-state index contributed by atoms with van der Waals surface area (Å²) in [5, 5.41) is 3.34. The molecule has 2 aliphatic rings. The molecule has 0 radical (unpaired) electrons. The Labute approximate surface area is 136 Å². The second-order valence-corrected chi connectivity index (χ2v) is 8.24. The molecular formula is C16H22N2O4S. The van der Waals surface area contributed by atoms with Crippen LogP contribution in [0, 0.1) is 11.8 Å². The molecule has 1 aromatic carbocycles. The molecule has 1 aromatic rings. The first kappa shape index (κ1) is 16.4. The fourth-order valence-corrected chi connectivity index (χ4v) is 5.05. The second kappa shape index (κ2) is 6.59. The van der Waals surface area contributed by atoms with Crippen molar-refractivity contribution in [2.75, 3.05) is 33.3 Å². The number of ether oxygens (including phenoxy) is 1. The molecule has 2 unspecified atom stereocenters. The van der Waals surface area contributed by atoms with Crippen LogP contribution in [-0.2, 0) is 20.5 Å². The summed E-state index contributed by atoms with van der Waals surface area (Å²) in [6.07, 6.45) is 0.916. The van der Waals surface area contributed by atoms with Crippen molar-refractivity contribution in [1.29, 1.82) is 0 Å². The number of fused-ring (bicyclic) bond motifs is 1. The van der Waals surface area contributed by atoms with Gasteiger partial charge in [-0.15, -0.1) is 0 Å². The average molecular weight is 338 g/mol. The Morgan fingerprint density at radius 1 is 1.35 bits per heavy atom. The highest BCUT2D eigenvalue weighted by Gasteiger charge is 2.37. The van der Waals surface area contributed by atoms with Gasteiger partial charge in [0, 0.05) is 13.1 Å². The summed E-state index contributed by atoms with van der Waals surface area (Å²) in [5.74, 6) is 0.481. The molecule has 2 saturated heterocycles. The molecule has 2 fully saturated rings. The van der Waals surface area contributed by atoms with Crippen LogP contribution >= 0.6 is 0 Å². The smallest absolute Gasteiger partial charge is 0.337 e. The molecule has 0 aliphatic carbocycles. The van der Waals surface area contributed by atoms with Crippen molar-refractivity contribution < 1.29 is 17.9 Å². The first-order valence-electron chi connectivity index (χ1n) is 7.85. The Balaban J connectivity index is 1.72. The van der Waals surface area contributed by atoms with Crippen molar-refractivity contribution in [2.24, 2.45) is 11.8 Å². The largest absolute Gasteiger partial charge is 0.465 e. The zero-order valence-corrected chi connectivity index (χ0v) is 14.0. The van der Waals surface area contributed by atoms with Crippen molar-refractivity contribution in [2.45, 2.75) is 12.2 Å². The fraction of sp³-hybridized carbons (Fsp3) is 0.562. The van der Waals surface area contributed by atoms with E-state index in [1.807, 2.05) is 0 Å². The van der Waals surface area contributed by atoms with Crippen molar-refractivity contribution in [3.63, 3.8) is 0 Å². The van der Waals surface area contributed by atoms with E-state index < -0.39 is 16.0 Å². The average Bonchev–Trinajstić information content (AvgIpc) is 3.01. The summed E-state index contributed by atoms with van der Waals surface area (Å²) < 4.78 is 31.6. The van der Waals surface area contributed by atoms with Gasteiger partial charge in [0.2, 0.25) is 10.0 Å². The summed E-state index contributed by atoms with van der Waals surface area (Å²) in [4.78, 5) is 11.6. The predicted molar refractivity (Wildman–Crippen MR) is 86.4 cm³/mol. The summed E-state index contributed by atoms with van der Waals surface area (Å²) >= 11 is 0. The van der Waals surface area contributed by atoms with E-state index in [1.54, 1.807) is 28.6 Å². The molecule has 23 heavy (non-hydrogen) atoms. The lowest BCUT2D eigenvalue weighted by atomic mass is 9.90. The number of benzene rings is 1. The number of hydrogen-bond acceptors (Lipinski definition) is 5. The van der Waals surface area contributed by atoms with Crippen LogP contribution in [0.3, 0.4) is 0 Å². The molecule has 0 bridgehead atoms. The van der Waals surface area contributed by atoms with Crippen LogP contribution in [0.15, 0.2) is 24.3 Å². The molecule has 1 N–H and O–H groups in total. The van der Waals surface area contributed by atoms with Crippen LogP contribution in [0.1, 0.15) is 22.3 Å². The standard InChI is InChI=1S/C16H22N2O4S/c1-22-16(19)13-4-2-3-12(7-13)11-23(20,21)18-6-5-14-8-17-9-15(14)10-18/h2-4,7,14-15,17H,5-6,8-11H2,1H3. The second-order valence-electron chi connectivity index (χ2n) is 6.27. The quantitative estimate of drug-likeness (QED) is 0.824. The fourth-order valence-electron chi connectivity index (χ4n) is 3.46. The topological polar surface area (TPSA) is 75.7 Å². The van der Waals surface area contributed by atoms with Crippen LogP contribution in [-0.4, -0.2) is 52.0 Å². The maximum atomic E-state index is 12.7. The molecule has 0 saturated carbocycles. The van der Waals surface area contributed by atoms with E-state index >= 15 is 0 Å². The highest BCUT2D eigenvalue weighted by atomic mass is 32.2. The number of sulfonamides is 1. The highest BCUT2D eigenvalue weighted by molar-refractivity contribution is 7.88. The minimum atomic E-state index is -3.37. The van der Waals surface area contributed by atoms with Crippen LogP contribution in [0.5, 0.6) is 0 Å². The lowest BCUT2D eigenvalue weighted by molar-refractivity contribution is 0.0600. The molecular weight excluding hydrogens is 316 g/mol. The van der Waals surface area contributed by atoms with Gasteiger partial charge in [-0.05, 0) is 49.0 Å². The van der Waals surface area contributed by atoms with Gasteiger partial charge in [0.05, 0.1) is 18.4 Å². The number of nitrogens with one attached hydrogen (secondary N) is 1. The Morgan fingerprint density at radius 3 is 2.91 bits per heavy atom. The SMILES string of the molecule is COC(=O)c1cccc(CS(=O)(=O)N2CCC3CNCC3C2)c1. The third-order valence-corrected chi connectivity index (χ3v) is 6.57. The molecule has 126 valence electrons. The first-order valence-corrected chi connectivity index (χ1v) is 9.46. The number of carbonyl (C=O) groups is 1. The number of hydrogen-bond donors (Lipinski definition) is 1. The van der Waals surface area contributed by atoms with E-state index in [9.17, 15) is 13.2 Å². The van der Waals surface area contributed by atoms with E-state index in [-0.39, 0.29) is 5.75 Å². The maximum absolute atomic E-state index is 12.7. The number of methoxy groups -OCH3 is 1. The normalized spacial score (nSPS) is 25.1. The summed E-state index contributed by atoms with van der Waals surface area (Å²) in [6.45, 7) is 3.08. The molecule has 2 atom stereocenters. The van der Waals surface area contributed by atoms with Crippen molar-refractivity contribution >= 4 is 16.0 Å². The maximum Gasteiger partial charge on any atom is 0.337 e. The van der Waals surface area contributed by atoms with Crippen LogP contribution < -0.4 is 5.32 Å². The van der Waals surface area contributed by atoms with Gasteiger partial charge < -0.3 is 10.1 Å². The first-order chi connectivity index (χ1) is 11.0. The Morgan fingerprint density at radius 2 is 2.13 bits per heavy atom. The van der Waals surface area contributed by atoms with Gasteiger partial charge in [-0.3, -0.25) is 0 Å². The molecule has 0 spiro atoms. The molecule has 0 amide bonds. The van der Waals surface area contributed by atoms with E-state index in [0.717, 1.165) is 19.5 Å². The number of esters is 1. The van der Waals surface area contributed by atoms with E-state index in [0.29, 0.717) is 36.1 Å². The Kier molecular flexibility index (Phi) is 4.70. The molecule has 2 heterocycles. The van der Waals surface area contributed by atoms with Gasteiger partial charge in [-0.25, -0.2) is 17.5 Å². The van der Waals surface area contributed by atoms with Crippen molar-refractivity contribution in [1.82, 2.24) is 9.62 Å². The zero-order valence-electron chi connectivity index (χ0n) is 13.2. The van der Waals surface area contributed by atoms with Gasteiger partial charge in [0.25, 0.3) is 0 Å². The summed E-state index contributed by atoms with van der Waals surface area (Å²) in [6, 6.07) is 6.63. The van der Waals surface area contributed by atoms with Gasteiger partial charge in [0.1, 0.15) is 0 Å². The van der Waals surface area contributed by atoms with E-state index in [1.165, 1.54) is 7.11 Å². The van der Waals surface area contributed by atoms with Crippen molar-refractivity contribution in [3.05, 3.63) is 35.4 Å². The number of piperidine rings is 1. The summed E-state index contributed by atoms with van der Waals surface area (Å²) in [7, 11) is -2.06. The van der Waals surface area contributed by atoms with Crippen LogP contribution in [0.2, 0.25) is 0 Å². The molecule has 6 nitrogen and oxygen atoms in total. The van der Waals surface area contributed by atoms with Crippen molar-refractivity contribution in [3.8, 4) is 0 Å². The minimum absolute atomic E-state index is 0.0807. The Hall–Kier alpha value is -1.44. The predicted octanol–water partition coefficient (Wildman–Crippen LogP) is 0.844. The van der Waals surface area contributed by atoms with Gasteiger partial charge in [0.15, 0.2) is 0 Å². The third-order valence-electron chi connectivity index (χ3n) is 4.76. The highest BCUT2D eigenvalue weighted by Crippen LogP contribution is 2.28.